The normalized spacial score (nSPS) is 9.95. The van der Waals surface area contributed by atoms with Gasteiger partial charge in [0.1, 0.15) is 17.2 Å². The molecule has 0 bridgehead atoms. The minimum atomic E-state index is -0.451. The van der Waals surface area contributed by atoms with Gasteiger partial charge in [-0.15, -0.1) is 0 Å². The van der Waals surface area contributed by atoms with Gasteiger partial charge in [-0.05, 0) is 28.1 Å². The van der Waals surface area contributed by atoms with Crippen LogP contribution >= 0.6 is 15.9 Å². The van der Waals surface area contributed by atoms with Crippen LogP contribution in [-0.4, -0.2) is 20.2 Å². The summed E-state index contributed by atoms with van der Waals surface area (Å²) < 4.78 is 16.3. The smallest absolute Gasteiger partial charge is 0.344 e. The van der Waals surface area contributed by atoms with Gasteiger partial charge in [-0.3, -0.25) is 0 Å². The molecule has 2 aromatic rings. The Morgan fingerprint density at radius 2 is 1.50 bits per heavy atom. The Kier molecular flexibility index (Phi) is 4.63. The van der Waals surface area contributed by atoms with Crippen LogP contribution in [0.4, 0.5) is 0 Å². The van der Waals surface area contributed by atoms with Gasteiger partial charge in [-0.2, -0.15) is 0 Å². The predicted molar refractivity (Wildman–Crippen MR) is 78.6 cm³/mol. The van der Waals surface area contributed by atoms with E-state index < -0.39 is 5.97 Å². The Morgan fingerprint density at radius 1 is 0.950 bits per heavy atom. The summed E-state index contributed by atoms with van der Waals surface area (Å²) in [6.07, 6.45) is 0. The minimum Gasteiger partial charge on any atom is -0.496 e. The molecular formula is C15H13BrO4. The van der Waals surface area contributed by atoms with Crippen LogP contribution in [0.2, 0.25) is 0 Å². The molecule has 0 heterocycles. The number of halogens is 1. The zero-order valence-corrected chi connectivity index (χ0v) is 12.6. The lowest BCUT2D eigenvalue weighted by molar-refractivity contribution is 0.0733. The fraction of sp³-hybridized carbons (Fsp3) is 0.133. The van der Waals surface area contributed by atoms with Crippen LogP contribution in [0.5, 0.6) is 17.2 Å². The molecule has 0 saturated carbocycles. The van der Waals surface area contributed by atoms with Crippen molar-refractivity contribution >= 4 is 21.9 Å². The number of ether oxygens (including phenoxy) is 3. The van der Waals surface area contributed by atoms with Gasteiger partial charge < -0.3 is 14.2 Å². The van der Waals surface area contributed by atoms with E-state index in [0.717, 1.165) is 0 Å². The first-order valence-electron chi connectivity index (χ1n) is 5.84. The third kappa shape index (κ3) is 3.30. The van der Waals surface area contributed by atoms with Crippen molar-refractivity contribution < 1.29 is 19.0 Å². The van der Waals surface area contributed by atoms with Crippen molar-refractivity contribution in [1.29, 1.82) is 0 Å². The highest BCUT2D eigenvalue weighted by atomic mass is 79.9. The van der Waals surface area contributed by atoms with E-state index in [4.69, 9.17) is 14.2 Å². The van der Waals surface area contributed by atoms with Gasteiger partial charge in [-0.1, -0.05) is 12.1 Å². The van der Waals surface area contributed by atoms with E-state index in [1.165, 1.54) is 14.2 Å². The van der Waals surface area contributed by atoms with Crippen LogP contribution in [-0.2, 0) is 0 Å². The molecular weight excluding hydrogens is 324 g/mol. The standard InChI is InChI=1S/C15H13BrO4/c1-18-10-7-11(19-2)9-12(8-10)20-15(17)13-5-3-4-6-14(13)16/h3-9H,1-2H3. The third-order valence-corrected chi connectivity index (χ3v) is 3.32. The maximum Gasteiger partial charge on any atom is 0.344 e. The van der Waals surface area contributed by atoms with Crippen molar-refractivity contribution in [1.82, 2.24) is 0 Å². The van der Waals surface area contributed by atoms with Gasteiger partial charge in [0.05, 0.1) is 19.8 Å². The summed E-state index contributed by atoms with van der Waals surface area (Å²) in [4.78, 5) is 12.1. The highest BCUT2D eigenvalue weighted by molar-refractivity contribution is 9.10. The van der Waals surface area contributed by atoms with Crippen LogP contribution in [0, 0.1) is 0 Å². The van der Waals surface area contributed by atoms with E-state index in [1.807, 2.05) is 6.07 Å². The molecule has 0 radical (unpaired) electrons. The number of esters is 1. The number of carbonyl (C=O) groups excluding carboxylic acids is 1. The Morgan fingerprint density at radius 3 is 2.05 bits per heavy atom. The van der Waals surface area contributed by atoms with Gasteiger partial charge in [-0.25, -0.2) is 4.79 Å². The second-order valence-electron chi connectivity index (χ2n) is 3.92. The summed E-state index contributed by atoms with van der Waals surface area (Å²) in [7, 11) is 3.07. The molecule has 0 aliphatic heterocycles. The number of rotatable bonds is 4. The molecule has 0 fully saturated rings. The maximum absolute atomic E-state index is 12.1. The van der Waals surface area contributed by atoms with Crippen molar-refractivity contribution in [2.75, 3.05) is 14.2 Å². The number of hydrogen-bond acceptors (Lipinski definition) is 4. The molecule has 0 aromatic heterocycles. The summed E-state index contributed by atoms with van der Waals surface area (Å²) in [5, 5.41) is 0. The summed E-state index contributed by atoms with van der Waals surface area (Å²) in [6, 6.07) is 12.0. The summed E-state index contributed by atoms with van der Waals surface area (Å²) in [5.74, 6) is 1.02. The van der Waals surface area contributed by atoms with Crippen LogP contribution in [0.25, 0.3) is 0 Å². The van der Waals surface area contributed by atoms with Crippen molar-refractivity contribution in [3.63, 3.8) is 0 Å². The molecule has 4 nitrogen and oxygen atoms in total. The lowest BCUT2D eigenvalue weighted by Crippen LogP contribution is -2.09. The second kappa shape index (κ2) is 6.43. The maximum atomic E-state index is 12.1. The Hall–Kier alpha value is -2.01. The van der Waals surface area contributed by atoms with Gasteiger partial charge in [0.2, 0.25) is 0 Å². The highest BCUT2D eigenvalue weighted by Gasteiger charge is 2.13. The lowest BCUT2D eigenvalue weighted by atomic mass is 10.2. The molecule has 20 heavy (non-hydrogen) atoms. The molecule has 0 aliphatic rings. The van der Waals surface area contributed by atoms with Crippen LogP contribution < -0.4 is 14.2 Å². The van der Waals surface area contributed by atoms with Crippen LogP contribution in [0.3, 0.4) is 0 Å². The fourth-order valence-corrected chi connectivity index (χ4v) is 2.08. The lowest BCUT2D eigenvalue weighted by Gasteiger charge is -2.09. The average molecular weight is 337 g/mol. The SMILES string of the molecule is COc1cc(OC)cc(OC(=O)c2ccccc2Br)c1. The molecule has 2 aromatic carbocycles. The molecule has 0 saturated heterocycles. The Labute approximate surface area is 125 Å². The quantitative estimate of drug-likeness (QED) is 0.631. The first-order chi connectivity index (χ1) is 9.63. The van der Waals surface area contributed by atoms with Crippen molar-refractivity contribution in [3.8, 4) is 17.2 Å². The summed E-state index contributed by atoms with van der Waals surface area (Å²) in [5.41, 5.74) is 0.453. The van der Waals surface area contributed by atoms with Crippen molar-refractivity contribution in [3.05, 3.63) is 52.5 Å². The van der Waals surface area contributed by atoms with E-state index in [2.05, 4.69) is 15.9 Å². The largest absolute Gasteiger partial charge is 0.496 e. The Bertz CT molecular complexity index is 603. The molecule has 0 aliphatic carbocycles. The number of benzene rings is 2. The monoisotopic (exact) mass is 336 g/mol. The molecule has 104 valence electrons. The molecule has 0 atom stereocenters. The zero-order chi connectivity index (χ0) is 14.5. The predicted octanol–water partition coefficient (Wildman–Crippen LogP) is 3.69. The van der Waals surface area contributed by atoms with E-state index in [-0.39, 0.29) is 0 Å². The average Bonchev–Trinajstić information content (AvgIpc) is 2.47. The molecule has 0 N–H and O–H groups in total. The highest BCUT2D eigenvalue weighted by Crippen LogP contribution is 2.28. The first-order valence-corrected chi connectivity index (χ1v) is 6.63. The summed E-state index contributed by atoms with van der Waals surface area (Å²) >= 11 is 3.32. The van der Waals surface area contributed by atoms with Gasteiger partial charge >= 0.3 is 5.97 Å². The van der Waals surface area contributed by atoms with Gasteiger partial charge in [0.25, 0.3) is 0 Å². The van der Waals surface area contributed by atoms with Gasteiger partial charge in [0.15, 0.2) is 0 Å². The van der Waals surface area contributed by atoms with Crippen molar-refractivity contribution in [2.24, 2.45) is 0 Å². The first kappa shape index (κ1) is 14.4. The number of hydrogen-bond donors (Lipinski definition) is 0. The summed E-state index contributed by atoms with van der Waals surface area (Å²) in [6.45, 7) is 0. The van der Waals surface area contributed by atoms with E-state index in [9.17, 15) is 4.79 Å². The minimum absolute atomic E-state index is 0.363. The van der Waals surface area contributed by atoms with E-state index in [0.29, 0.717) is 27.3 Å². The zero-order valence-electron chi connectivity index (χ0n) is 11.1. The fourth-order valence-electron chi connectivity index (χ4n) is 1.63. The Balaban J connectivity index is 2.26. The third-order valence-electron chi connectivity index (χ3n) is 2.63. The molecule has 0 amide bonds. The van der Waals surface area contributed by atoms with E-state index in [1.54, 1.807) is 36.4 Å². The molecule has 0 unspecified atom stereocenters. The molecule has 5 heteroatoms. The van der Waals surface area contributed by atoms with Gasteiger partial charge in [0, 0.05) is 22.7 Å². The number of carbonyl (C=O) groups is 1. The second-order valence-corrected chi connectivity index (χ2v) is 4.77. The van der Waals surface area contributed by atoms with E-state index >= 15 is 0 Å². The molecule has 0 spiro atoms. The molecule has 2 rings (SSSR count). The van der Waals surface area contributed by atoms with Crippen molar-refractivity contribution in [2.45, 2.75) is 0 Å². The number of methoxy groups -OCH3 is 2. The topological polar surface area (TPSA) is 44.8 Å². The van der Waals surface area contributed by atoms with Crippen LogP contribution in [0.15, 0.2) is 46.9 Å². The van der Waals surface area contributed by atoms with Crippen LogP contribution in [0.1, 0.15) is 10.4 Å².